The van der Waals surface area contributed by atoms with Crippen LogP contribution in [0, 0.1) is 17.7 Å². The molecule has 0 amide bonds. The molecule has 3 nitrogen and oxygen atoms in total. The van der Waals surface area contributed by atoms with E-state index in [1.165, 1.54) is 25.3 Å². The van der Waals surface area contributed by atoms with Crippen LogP contribution in [-0.4, -0.2) is 13.1 Å². The van der Waals surface area contributed by atoms with Crippen molar-refractivity contribution in [2.24, 2.45) is 0 Å². The highest BCUT2D eigenvalue weighted by molar-refractivity contribution is 5.89. The molecule has 2 aromatic rings. The second-order valence-corrected chi connectivity index (χ2v) is 3.03. The molecule has 0 radical (unpaired) electrons. The fourth-order valence-corrected chi connectivity index (χ4v) is 1.24. The van der Waals surface area contributed by atoms with Gasteiger partial charge in [0.05, 0.1) is 7.11 Å². The largest absolute Gasteiger partial charge is 0.459 e. The molecule has 16 heavy (non-hydrogen) atoms. The lowest BCUT2D eigenvalue weighted by Crippen LogP contribution is -1.94. The minimum Gasteiger partial charge on any atom is -0.459 e. The third kappa shape index (κ3) is 2.04. The number of esters is 1. The number of benzene rings is 1. The van der Waals surface area contributed by atoms with Crippen LogP contribution in [0.5, 0.6) is 0 Å². The van der Waals surface area contributed by atoms with Crippen LogP contribution in [0.3, 0.4) is 0 Å². The summed E-state index contributed by atoms with van der Waals surface area (Å²) in [6, 6.07) is 5.70. The predicted octanol–water partition coefficient (Wildman–Crippen LogP) is 2.10. The van der Waals surface area contributed by atoms with Crippen molar-refractivity contribution < 1.29 is 18.3 Å². The molecule has 0 aliphatic carbocycles. The first kappa shape index (κ1) is 10.2. The maximum atomic E-state index is 12.9. The molecule has 0 saturated carbocycles. The van der Waals surface area contributed by atoms with Gasteiger partial charge in [-0.3, -0.25) is 0 Å². The molecule has 4 heteroatoms. The summed E-state index contributed by atoms with van der Waals surface area (Å²) in [7, 11) is 1.24. The average Bonchev–Trinajstić information content (AvgIpc) is 2.67. The number of furan rings is 1. The third-order valence-electron chi connectivity index (χ3n) is 1.95. The second kappa shape index (κ2) is 4.07. The lowest BCUT2D eigenvalue weighted by molar-refractivity contribution is -0.133. The summed E-state index contributed by atoms with van der Waals surface area (Å²) >= 11 is 0. The Morgan fingerprint density at radius 1 is 1.44 bits per heavy atom. The van der Waals surface area contributed by atoms with Gasteiger partial charge in [-0.25, -0.2) is 9.18 Å². The first-order chi connectivity index (χ1) is 7.69. The van der Waals surface area contributed by atoms with Gasteiger partial charge < -0.3 is 9.15 Å². The number of fused-ring (bicyclic) bond motifs is 1. The molecule has 0 atom stereocenters. The summed E-state index contributed by atoms with van der Waals surface area (Å²) in [6.07, 6.45) is 0. The first-order valence-electron chi connectivity index (χ1n) is 4.48. The molecule has 1 heterocycles. The Balaban J connectivity index is 2.39. The second-order valence-electron chi connectivity index (χ2n) is 3.03. The number of methoxy groups -OCH3 is 1. The normalized spacial score (nSPS) is 9.62. The Labute approximate surface area is 90.8 Å². The smallest absolute Gasteiger partial charge is 0.384 e. The Morgan fingerprint density at radius 2 is 2.25 bits per heavy atom. The molecule has 0 saturated heterocycles. The number of ether oxygens (including phenoxy) is 1. The number of carbonyl (C=O) groups is 1. The van der Waals surface area contributed by atoms with E-state index < -0.39 is 5.97 Å². The third-order valence-corrected chi connectivity index (χ3v) is 1.95. The monoisotopic (exact) mass is 218 g/mol. The molecule has 80 valence electrons. The van der Waals surface area contributed by atoms with Crippen LogP contribution < -0.4 is 0 Å². The van der Waals surface area contributed by atoms with Gasteiger partial charge in [0.2, 0.25) is 0 Å². The molecule has 1 aromatic heterocycles. The van der Waals surface area contributed by atoms with E-state index in [9.17, 15) is 9.18 Å². The van der Waals surface area contributed by atoms with E-state index in [0.717, 1.165) is 0 Å². The van der Waals surface area contributed by atoms with E-state index in [-0.39, 0.29) is 5.82 Å². The molecule has 2 rings (SSSR count). The van der Waals surface area contributed by atoms with Crippen LogP contribution in [0.15, 0.2) is 28.7 Å². The van der Waals surface area contributed by atoms with Crippen molar-refractivity contribution in [3.8, 4) is 11.8 Å². The van der Waals surface area contributed by atoms with Gasteiger partial charge in [-0.2, -0.15) is 0 Å². The molecule has 0 unspecified atom stereocenters. The lowest BCUT2D eigenvalue weighted by atomic mass is 10.2. The van der Waals surface area contributed by atoms with Crippen LogP contribution in [0.2, 0.25) is 0 Å². The Bertz CT molecular complexity index is 601. The molecule has 0 aliphatic heterocycles. The predicted molar refractivity (Wildman–Crippen MR) is 55.1 cm³/mol. The highest BCUT2D eigenvalue weighted by Crippen LogP contribution is 2.19. The van der Waals surface area contributed by atoms with Crippen molar-refractivity contribution in [1.29, 1.82) is 0 Å². The molecule has 0 spiro atoms. The number of halogens is 1. The molecule has 1 aromatic carbocycles. The van der Waals surface area contributed by atoms with E-state index in [4.69, 9.17) is 4.42 Å². The van der Waals surface area contributed by atoms with Gasteiger partial charge >= 0.3 is 5.97 Å². The Hall–Kier alpha value is -2.28. The molecule has 0 bridgehead atoms. The van der Waals surface area contributed by atoms with Crippen molar-refractivity contribution in [3.63, 3.8) is 0 Å². The summed E-state index contributed by atoms with van der Waals surface area (Å²) < 4.78 is 22.5. The maximum absolute atomic E-state index is 12.9. The van der Waals surface area contributed by atoms with E-state index >= 15 is 0 Å². The highest BCUT2D eigenvalue weighted by Gasteiger charge is 2.02. The topological polar surface area (TPSA) is 39.4 Å². The molecule has 0 fully saturated rings. The average molecular weight is 218 g/mol. The van der Waals surface area contributed by atoms with Gasteiger partial charge in [0.25, 0.3) is 0 Å². The van der Waals surface area contributed by atoms with Gasteiger partial charge in [0.15, 0.2) is 5.76 Å². The van der Waals surface area contributed by atoms with Crippen molar-refractivity contribution in [3.05, 3.63) is 35.8 Å². The van der Waals surface area contributed by atoms with Gasteiger partial charge in [0.1, 0.15) is 11.4 Å². The maximum Gasteiger partial charge on any atom is 0.384 e. The summed E-state index contributed by atoms with van der Waals surface area (Å²) in [5, 5.41) is 0.606. The fraction of sp³-hybridized carbons (Fsp3) is 0.0833. The number of hydrogen-bond acceptors (Lipinski definition) is 3. The van der Waals surface area contributed by atoms with Gasteiger partial charge in [0, 0.05) is 17.4 Å². The molecular formula is C12H7FO3. The SMILES string of the molecule is COC(=O)C#Cc1cc2cc(F)ccc2o1. The zero-order chi connectivity index (χ0) is 11.5. The zero-order valence-electron chi connectivity index (χ0n) is 8.41. The highest BCUT2D eigenvalue weighted by atomic mass is 19.1. The summed E-state index contributed by atoms with van der Waals surface area (Å²) in [4.78, 5) is 10.8. The summed E-state index contributed by atoms with van der Waals surface area (Å²) in [6.45, 7) is 0. The van der Waals surface area contributed by atoms with E-state index in [0.29, 0.717) is 16.7 Å². The Kier molecular flexibility index (Phi) is 2.61. The van der Waals surface area contributed by atoms with Crippen molar-refractivity contribution in [1.82, 2.24) is 0 Å². The minimum atomic E-state index is -0.647. The van der Waals surface area contributed by atoms with Gasteiger partial charge in [-0.15, -0.1) is 0 Å². The van der Waals surface area contributed by atoms with Crippen molar-refractivity contribution >= 4 is 16.9 Å². The summed E-state index contributed by atoms with van der Waals surface area (Å²) in [5.74, 6) is 4.02. The fourth-order valence-electron chi connectivity index (χ4n) is 1.24. The Morgan fingerprint density at radius 3 is 3.00 bits per heavy atom. The van der Waals surface area contributed by atoms with Gasteiger partial charge in [-0.1, -0.05) is 0 Å². The standard InChI is InChI=1S/C12H7FO3/c1-15-12(14)5-3-10-7-8-6-9(13)2-4-11(8)16-10/h2,4,6-7H,1H3. The van der Waals surface area contributed by atoms with Crippen LogP contribution in [0.4, 0.5) is 4.39 Å². The van der Waals surface area contributed by atoms with Crippen LogP contribution in [-0.2, 0) is 9.53 Å². The van der Waals surface area contributed by atoms with E-state index in [1.807, 2.05) is 0 Å². The molecular weight excluding hydrogens is 211 g/mol. The van der Waals surface area contributed by atoms with E-state index in [2.05, 4.69) is 16.6 Å². The molecule has 0 N–H and O–H groups in total. The van der Waals surface area contributed by atoms with Crippen LogP contribution in [0.25, 0.3) is 11.0 Å². The van der Waals surface area contributed by atoms with E-state index in [1.54, 1.807) is 6.07 Å². The van der Waals surface area contributed by atoms with Gasteiger partial charge in [-0.05, 0) is 24.1 Å². The van der Waals surface area contributed by atoms with Crippen molar-refractivity contribution in [2.45, 2.75) is 0 Å². The quantitative estimate of drug-likeness (QED) is 0.502. The number of hydrogen-bond donors (Lipinski definition) is 0. The van der Waals surface area contributed by atoms with Crippen molar-refractivity contribution in [2.75, 3.05) is 7.11 Å². The minimum absolute atomic E-state index is 0.297. The van der Waals surface area contributed by atoms with Crippen LogP contribution in [0.1, 0.15) is 5.76 Å². The number of carbonyl (C=O) groups excluding carboxylic acids is 1. The zero-order valence-corrected chi connectivity index (χ0v) is 8.41. The first-order valence-corrected chi connectivity index (χ1v) is 4.48. The molecule has 0 aliphatic rings. The number of rotatable bonds is 0. The lowest BCUT2D eigenvalue weighted by Gasteiger charge is -1.86. The van der Waals surface area contributed by atoms with Crippen LogP contribution >= 0.6 is 0 Å². The summed E-state index contributed by atoms with van der Waals surface area (Å²) in [5.41, 5.74) is 0.524.